The van der Waals surface area contributed by atoms with Crippen LogP contribution in [0, 0.1) is 6.92 Å². The Hall–Kier alpha value is -2.83. The van der Waals surface area contributed by atoms with Gasteiger partial charge >= 0.3 is 0 Å². The van der Waals surface area contributed by atoms with Crippen LogP contribution in [0.2, 0.25) is 5.02 Å². The molecule has 0 atom stereocenters. The van der Waals surface area contributed by atoms with Crippen molar-refractivity contribution in [2.45, 2.75) is 13.5 Å². The Morgan fingerprint density at radius 3 is 2.84 bits per heavy atom. The average molecular weight is 353 g/mol. The van der Waals surface area contributed by atoms with Gasteiger partial charge in [-0.1, -0.05) is 53.6 Å². The van der Waals surface area contributed by atoms with E-state index in [1.54, 1.807) is 10.9 Å². The third-order valence-corrected chi connectivity index (χ3v) is 4.29. The van der Waals surface area contributed by atoms with Crippen LogP contribution in [0.4, 0.5) is 0 Å². The molecular weight excluding hydrogens is 336 g/mol. The van der Waals surface area contributed by atoms with Gasteiger partial charge in [0.1, 0.15) is 0 Å². The van der Waals surface area contributed by atoms with Crippen LogP contribution in [0.25, 0.3) is 5.69 Å². The molecule has 1 aliphatic rings. The van der Waals surface area contributed by atoms with Crippen molar-refractivity contribution < 1.29 is 0 Å². The molecule has 1 aliphatic heterocycles. The highest BCUT2D eigenvalue weighted by Crippen LogP contribution is 2.20. The van der Waals surface area contributed by atoms with Crippen LogP contribution in [-0.2, 0) is 6.54 Å². The molecular formula is C18H17ClN6. The molecule has 2 aromatic carbocycles. The molecule has 126 valence electrons. The minimum Gasteiger partial charge on any atom is -0.266 e. The minimum absolute atomic E-state index is 0.651. The molecule has 6 nitrogen and oxygen atoms in total. The first-order chi connectivity index (χ1) is 12.2. The van der Waals surface area contributed by atoms with Crippen molar-refractivity contribution >= 4 is 17.4 Å². The van der Waals surface area contributed by atoms with Crippen molar-refractivity contribution in [1.29, 1.82) is 0 Å². The van der Waals surface area contributed by atoms with Gasteiger partial charge in [0.15, 0.2) is 5.84 Å². The molecule has 0 saturated heterocycles. The zero-order valence-electron chi connectivity index (χ0n) is 13.6. The highest BCUT2D eigenvalue weighted by molar-refractivity contribution is 6.32. The summed E-state index contributed by atoms with van der Waals surface area (Å²) in [6, 6.07) is 16.0. The van der Waals surface area contributed by atoms with E-state index in [0.717, 1.165) is 17.1 Å². The molecule has 7 heteroatoms. The van der Waals surface area contributed by atoms with E-state index in [1.807, 2.05) is 35.5 Å². The van der Waals surface area contributed by atoms with Gasteiger partial charge in [0.2, 0.25) is 0 Å². The topological polar surface area (TPSA) is 57.5 Å². The number of rotatable bonds is 4. The summed E-state index contributed by atoms with van der Waals surface area (Å²) in [5.74, 6) is 0.778. The van der Waals surface area contributed by atoms with E-state index in [9.17, 15) is 0 Å². The van der Waals surface area contributed by atoms with E-state index >= 15 is 0 Å². The first-order valence-electron chi connectivity index (χ1n) is 7.92. The molecule has 2 heterocycles. The highest BCUT2D eigenvalue weighted by Gasteiger charge is 2.21. The number of amidine groups is 1. The Labute approximate surface area is 150 Å². The quantitative estimate of drug-likeness (QED) is 0.757. The van der Waals surface area contributed by atoms with Crippen LogP contribution >= 0.6 is 11.6 Å². The van der Waals surface area contributed by atoms with Crippen LogP contribution in [0.1, 0.15) is 16.7 Å². The summed E-state index contributed by atoms with van der Waals surface area (Å²) in [5.41, 5.74) is 10.0. The summed E-state index contributed by atoms with van der Waals surface area (Å²) in [7, 11) is 0. The maximum Gasteiger partial charge on any atom is 0.176 e. The minimum atomic E-state index is 0.651. The molecule has 0 unspecified atom stereocenters. The fourth-order valence-electron chi connectivity index (χ4n) is 2.79. The lowest BCUT2D eigenvalue weighted by Crippen LogP contribution is -2.40. The van der Waals surface area contributed by atoms with Gasteiger partial charge in [0, 0.05) is 6.20 Å². The average Bonchev–Trinajstić information content (AvgIpc) is 3.24. The lowest BCUT2D eigenvalue weighted by molar-refractivity contribution is 0.288. The molecule has 0 bridgehead atoms. The summed E-state index contributed by atoms with van der Waals surface area (Å²) in [6.07, 6.45) is 3.69. The summed E-state index contributed by atoms with van der Waals surface area (Å²) >= 11 is 6.25. The van der Waals surface area contributed by atoms with E-state index in [1.165, 1.54) is 11.1 Å². The molecule has 0 amide bonds. The van der Waals surface area contributed by atoms with Crippen molar-refractivity contribution in [3.63, 3.8) is 0 Å². The van der Waals surface area contributed by atoms with E-state index in [-0.39, 0.29) is 0 Å². The number of nitrogens with one attached hydrogen (secondary N) is 2. The van der Waals surface area contributed by atoms with Crippen molar-refractivity contribution in [2.75, 3.05) is 0 Å². The Kier molecular flexibility index (Phi) is 4.13. The summed E-state index contributed by atoms with van der Waals surface area (Å²) < 4.78 is 1.75. The third-order valence-electron chi connectivity index (χ3n) is 3.97. The Balaban J connectivity index is 1.58. The van der Waals surface area contributed by atoms with Gasteiger partial charge in [0.25, 0.3) is 0 Å². The monoisotopic (exact) mass is 352 g/mol. The molecule has 0 fully saturated rings. The number of nitrogens with zero attached hydrogens (tertiary/aromatic N) is 4. The maximum absolute atomic E-state index is 6.25. The fourth-order valence-corrected chi connectivity index (χ4v) is 3.01. The van der Waals surface area contributed by atoms with Crippen LogP contribution < -0.4 is 11.1 Å². The van der Waals surface area contributed by atoms with Crippen LogP contribution in [0.3, 0.4) is 0 Å². The first kappa shape index (κ1) is 15.7. The second kappa shape index (κ2) is 6.58. The maximum atomic E-state index is 6.25. The van der Waals surface area contributed by atoms with Gasteiger partial charge in [0.05, 0.1) is 29.0 Å². The number of hydrazone groups is 1. The van der Waals surface area contributed by atoms with Gasteiger partial charge in [-0.05, 0) is 24.6 Å². The molecule has 4 rings (SSSR count). The molecule has 0 aliphatic carbocycles. The zero-order valence-corrected chi connectivity index (χ0v) is 14.4. The van der Waals surface area contributed by atoms with Gasteiger partial charge < -0.3 is 0 Å². The van der Waals surface area contributed by atoms with Crippen LogP contribution in [0.15, 0.2) is 66.0 Å². The van der Waals surface area contributed by atoms with Gasteiger partial charge in [-0.3, -0.25) is 5.01 Å². The number of aryl methyl sites for hydroxylation is 1. The summed E-state index contributed by atoms with van der Waals surface area (Å²) in [6.45, 7) is 2.77. The molecule has 3 aromatic rings. The predicted octanol–water partition coefficient (Wildman–Crippen LogP) is 3.02. The van der Waals surface area contributed by atoms with Gasteiger partial charge in [-0.25, -0.2) is 10.2 Å². The van der Waals surface area contributed by atoms with Crippen LogP contribution in [0.5, 0.6) is 0 Å². The van der Waals surface area contributed by atoms with Gasteiger partial charge in [-0.15, -0.1) is 10.6 Å². The van der Waals surface area contributed by atoms with Crippen LogP contribution in [-0.4, -0.2) is 20.6 Å². The fraction of sp³-hybridized carbons (Fsp3) is 0.111. The lowest BCUT2D eigenvalue weighted by atomic mass is 10.1. The van der Waals surface area contributed by atoms with E-state index < -0.39 is 0 Å². The zero-order chi connectivity index (χ0) is 17.2. The smallest absolute Gasteiger partial charge is 0.176 e. The Bertz CT molecular complexity index is 933. The number of hydrogen-bond donors (Lipinski definition) is 2. The van der Waals surface area contributed by atoms with E-state index in [2.05, 4.69) is 52.5 Å². The number of benzene rings is 2. The van der Waals surface area contributed by atoms with E-state index in [0.29, 0.717) is 11.6 Å². The number of hydrogen-bond acceptors (Lipinski definition) is 5. The standard InChI is InChI=1S/C18H17ClN6/c1-13-5-4-6-14(9-13)11-25-18(21-22-23-25)15-10-20-24(12-15)17-8-3-2-7-16(17)19/h2-10,12,22-23H,11H2,1H3. The molecule has 0 radical (unpaired) electrons. The highest BCUT2D eigenvalue weighted by atomic mass is 35.5. The SMILES string of the molecule is Cc1cccc(CN2NNN=C2c2cnn(-c3ccccc3Cl)c2)c1. The van der Waals surface area contributed by atoms with Crippen molar-refractivity contribution in [1.82, 2.24) is 25.9 Å². The second-order valence-corrected chi connectivity index (χ2v) is 6.27. The molecule has 0 saturated carbocycles. The molecule has 2 N–H and O–H groups in total. The number of aromatic nitrogens is 2. The molecule has 1 aromatic heterocycles. The van der Waals surface area contributed by atoms with Crippen molar-refractivity contribution in [2.24, 2.45) is 5.10 Å². The summed E-state index contributed by atoms with van der Waals surface area (Å²) in [5, 5.41) is 11.3. The number of para-hydroxylation sites is 1. The molecule has 25 heavy (non-hydrogen) atoms. The number of hydrazine groups is 2. The van der Waals surface area contributed by atoms with Crippen molar-refractivity contribution in [3.8, 4) is 5.69 Å². The van der Waals surface area contributed by atoms with Crippen molar-refractivity contribution in [3.05, 3.63) is 82.6 Å². The second-order valence-electron chi connectivity index (χ2n) is 5.86. The Morgan fingerprint density at radius 1 is 1.12 bits per heavy atom. The molecule has 0 spiro atoms. The predicted molar refractivity (Wildman–Crippen MR) is 98.1 cm³/mol. The summed E-state index contributed by atoms with van der Waals surface area (Å²) in [4.78, 5) is 0. The lowest BCUT2D eigenvalue weighted by Gasteiger charge is -2.18. The first-order valence-corrected chi connectivity index (χ1v) is 8.30. The normalized spacial score (nSPS) is 13.7. The van der Waals surface area contributed by atoms with E-state index in [4.69, 9.17) is 11.6 Å². The largest absolute Gasteiger partial charge is 0.266 e. The third kappa shape index (κ3) is 3.22. The number of halogens is 1. The Morgan fingerprint density at radius 2 is 2.00 bits per heavy atom. The van der Waals surface area contributed by atoms with Gasteiger partial charge in [-0.2, -0.15) is 5.10 Å².